The Morgan fingerprint density at radius 2 is 1.71 bits per heavy atom. The highest BCUT2D eigenvalue weighted by atomic mass is 33.1. The molecule has 0 aromatic carbocycles. The molecule has 3 aliphatic rings. The van der Waals surface area contributed by atoms with Crippen LogP contribution in [0, 0.1) is 17.8 Å². The van der Waals surface area contributed by atoms with Crippen molar-refractivity contribution in [1.29, 1.82) is 0 Å². The Kier molecular flexibility index (Phi) is 28.0. The molecule has 318 valence electrons. The van der Waals surface area contributed by atoms with Crippen molar-refractivity contribution in [2.75, 3.05) is 32.7 Å². The van der Waals surface area contributed by atoms with E-state index in [1.54, 1.807) is 23.8 Å². The van der Waals surface area contributed by atoms with Crippen LogP contribution in [0.1, 0.15) is 164 Å². The Morgan fingerprint density at radius 1 is 0.929 bits per heavy atom. The third kappa shape index (κ3) is 19.3. The van der Waals surface area contributed by atoms with E-state index in [0.717, 1.165) is 88.6 Å². The minimum absolute atomic E-state index is 0.151. The van der Waals surface area contributed by atoms with Gasteiger partial charge in [-0.15, -0.1) is 0 Å². The van der Waals surface area contributed by atoms with Gasteiger partial charge in [-0.1, -0.05) is 142 Å². The average Bonchev–Trinajstić information content (AvgIpc) is 3.71. The minimum Gasteiger partial charge on any atom is -0.463 e. The number of methoxy groups -OCH3 is 1. The Hall–Kier alpha value is -1.80. The number of allylic oxidation sites excluding steroid dienone is 12. The van der Waals surface area contributed by atoms with Gasteiger partial charge in [0.05, 0.1) is 6.61 Å². The standard InChI is InChI=1S/C47H74O5S2.C2H6/c1-7-9-10-17-36(3)44(16-8-2)39-20-13-18-37(4)45(27-25-39)40-21-14-19-38(5)46(28-26-40)41(29-31-48)22-15-32-51-34-42(50-6)35-52-47(49)24-12-11-23-43-30-33-53-54-43;1-2/h9-10,13-14,20-21,31,36-38,42-43H,7-8,11-12,15-19,22-30,32-35H2,1-6H3;1-2H3/b10-9-,20-13-,21-14-,44-39+,45-40+,46-41-;/t36?,37?,38?,42?,43-;/m1./s1. The molecule has 0 N–H and O–H groups in total. The molecule has 0 spiro atoms. The number of ether oxygens (including phenoxy) is 3. The summed E-state index contributed by atoms with van der Waals surface area (Å²) in [5.74, 6) is 2.63. The van der Waals surface area contributed by atoms with Crippen molar-refractivity contribution in [3.8, 4) is 0 Å². The van der Waals surface area contributed by atoms with Gasteiger partial charge in [0.1, 0.15) is 19.0 Å². The van der Waals surface area contributed by atoms with Crippen LogP contribution in [0.15, 0.2) is 69.9 Å². The van der Waals surface area contributed by atoms with Gasteiger partial charge in [0, 0.05) is 37.6 Å². The fourth-order valence-corrected chi connectivity index (χ4v) is 11.2. The summed E-state index contributed by atoms with van der Waals surface area (Å²) in [7, 11) is 5.60. The van der Waals surface area contributed by atoms with Crippen LogP contribution in [0.3, 0.4) is 0 Å². The molecule has 2 aliphatic carbocycles. The van der Waals surface area contributed by atoms with E-state index in [2.05, 4.69) is 71.1 Å². The van der Waals surface area contributed by atoms with Crippen LogP contribution in [-0.4, -0.2) is 56.3 Å². The van der Waals surface area contributed by atoms with Crippen LogP contribution in [-0.2, 0) is 23.8 Å². The minimum atomic E-state index is -0.278. The first-order valence-corrected chi connectivity index (χ1v) is 24.8. The number of hydrogen-bond donors (Lipinski definition) is 0. The summed E-state index contributed by atoms with van der Waals surface area (Å²) in [6.45, 7) is 16.9. The molecule has 1 fully saturated rings. The Labute approximate surface area is 351 Å². The van der Waals surface area contributed by atoms with E-state index in [-0.39, 0.29) is 18.7 Å². The average molecular weight is 813 g/mol. The second-order valence-corrected chi connectivity index (χ2v) is 18.5. The van der Waals surface area contributed by atoms with E-state index < -0.39 is 0 Å². The van der Waals surface area contributed by atoms with Gasteiger partial charge < -0.3 is 19.0 Å². The molecule has 4 unspecified atom stereocenters. The van der Waals surface area contributed by atoms with E-state index in [1.165, 1.54) is 48.2 Å². The first kappa shape index (κ1) is 50.3. The summed E-state index contributed by atoms with van der Waals surface area (Å²) < 4.78 is 17.1. The lowest BCUT2D eigenvalue weighted by molar-refractivity contribution is -0.148. The maximum absolute atomic E-state index is 12.3. The maximum Gasteiger partial charge on any atom is 0.305 e. The van der Waals surface area contributed by atoms with Gasteiger partial charge in [0.25, 0.3) is 0 Å². The van der Waals surface area contributed by atoms with Crippen molar-refractivity contribution in [2.24, 2.45) is 17.8 Å². The Morgan fingerprint density at radius 3 is 2.43 bits per heavy atom. The van der Waals surface area contributed by atoms with Crippen LogP contribution >= 0.6 is 21.6 Å². The molecule has 0 bridgehead atoms. The summed E-state index contributed by atoms with van der Waals surface area (Å²) in [6.07, 6.45) is 33.3. The molecule has 5 nitrogen and oxygen atoms in total. The molecule has 0 aromatic rings. The van der Waals surface area contributed by atoms with E-state index in [1.807, 2.05) is 35.4 Å². The van der Waals surface area contributed by atoms with Crippen molar-refractivity contribution in [3.05, 3.63) is 69.9 Å². The van der Waals surface area contributed by atoms with Crippen LogP contribution in [0.5, 0.6) is 0 Å². The fraction of sp³-hybridized carbons (Fsp3) is 0.714. The SMILES string of the molecule is CC.CC/C=C\CC(C)/C(CCC)=C1\C=C/CC(C)/C(=C2\C=C/CC(C)/C(=C(\CC=O)CCCOCC(COC(=O)CCCC[C@@H]3CCSS3)OC)CC2)CC1. The molecular formula is C49H80O5S2. The summed E-state index contributed by atoms with van der Waals surface area (Å²) >= 11 is 0. The zero-order valence-corrected chi connectivity index (χ0v) is 38.5. The van der Waals surface area contributed by atoms with Gasteiger partial charge >= 0.3 is 5.97 Å². The van der Waals surface area contributed by atoms with Crippen molar-refractivity contribution in [2.45, 2.75) is 175 Å². The first-order valence-electron chi connectivity index (χ1n) is 22.4. The Balaban J connectivity index is 0.00000532. The molecule has 0 amide bonds. The highest BCUT2D eigenvalue weighted by Crippen LogP contribution is 2.40. The van der Waals surface area contributed by atoms with Crippen molar-refractivity contribution < 1.29 is 23.8 Å². The molecule has 1 saturated heterocycles. The number of rotatable bonds is 22. The zero-order valence-electron chi connectivity index (χ0n) is 36.8. The van der Waals surface area contributed by atoms with E-state index in [9.17, 15) is 9.59 Å². The van der Waals surface area contributed by atoms with Crippen molar-refractivity contribution in [3.63, 3.8) is 0 Å². The number of carbonyl (C=O) groups excluding carboxylic acids is 2. The number of hydrogen-bond acceptors (Lipinski definition) is 7. The number of esters is 1. The van der Waals surface area contributed by atoms with Crippen LogP contribution in [0.25, 0.3) is 0 Å². The second kappa shape index (κ2) is 31.2. The van der Waals surface area contributed by atoms with Gasteiger partial charge in [0.2, 0.25) is 0 Å². The largest absolute Gasteiger partial charge is 0.463 e. The highest BCUT2D eigenvalue weighted by molar-refractivity contribution is 8.77. The molecular weight excluding hydrogens is 733 g/mol. The van der Waals surface area contributed by atoms with E-state index >= 15 is 0 Å². The van der Waals surface area contributed by atoms with Gasteiger partial charge in [-0.25, -0.2) is 0 Å². The number of carbonyl (C=O) groups is 2. The van der Waals surface area contributed by atoms with Crippen molar-refractivity contribution in [1.82, 2.24) is 0 Å². The van der Waals surface area contributed by atoms with Gasteiger partial charge in [0.15, 0.2) is 0 Å². The molecule has 0 radical (unpaired) electrons. The highest BCUT2D eigenvalue weighted by Gasteiger charge is 2.22. The summed E-state index contributed by atoms with van der Waals surface area (Å²) in [4.78, 5) is 24.2. The molecule has 7 heteroatoms. The maximum atomic E-state index is 12.3. The van der Waals surface area contributed by atoms with Crippen LogP contribution < -0.4 is 0 Å². The predicted molar refractivity (Wildman–Crippen MR) is 244 cm³/mol. The molecule has 5 atom stereocenters. The van der Waals surface area contributed by atoms with Crippen LogP contribution in [0.4, 0.5) is 0 Å². The van der Waals surface area contributed by atoms with E-state index in [4.69, 9.17) is 14.2 Å². The molecule has 1 aliphatic heterocycles. The summed E-state index contributed by atoms with van der Waals surface area (Å²) in [6, 6.07) is 0. The second-order valence-electron chi connectivity index (χ2n) is 15.7. The van der Waals surface area contributed by atoms with Gasteiger partial charge in [-0.3, -0.25) is 4.79 Å². The summed E-state index contributed by atoms with van der Waals surface area (Å²) in [5.41, 5.74) is 9.11. The molecule has 3 rings (SSSR count). The third-order valence-corrected chi connectivity index (χ3v) is 14.5. The molecule has 0 saturated carbocycles. The molecule has 0 aromatic heterocycles. The topological polar surface area (TPSA) is 61.8 Å². The molecule has 1 heterocycles. The predicted octanol–water partition coefficient (Wildman–Crippen LogP) is 14.1. The molecule has 56 heavy (non-hydrogen) atoms. The quantitative estimate of drug-likeness (QED) is 0.0355. The van der Waals surface area contributed by atoms with Gasteiger partial charge in [-0.05, 0) is 119 Å². The third-order valence-electron chi connectivity index (χ3n) is 11.5. The number of unbranched alkanes of at least 4 members (excludes halogenated alkanes) is 1. The fourth-order valence-electron chi connectivity index (χ4n) is 8.20. The van der Waals surface area contributed by atoms with Gasteiger partial charge in [-0.2, -0.15) is 0 Å². The monoisotopic (exact) mass is 813 g/mol. The van der Waals surface area contributed by atoms with Crippen LogP contribution in [0.2, 0.25) is 0 Å². The summed E-state index contributed by atoms with van der Waals surface area (Å²) in [5, 5.41) is 0.750. The lowest BCUT2D eigenvalue weighted by atomic mass is 9.79. The lowest BCUT2D eigenvalue weighted by Crippen LogP contribution is -2.26. The first-order chi connectivity index (χ1) is 27.3. The normalized spacial score (nSPS) is 25.8. The number of aldehydes is 1. The Bertz CT molecular complexity index is 1300. The smallest absolute Gasteiger partial charge is 0.305 e. The lowest BCUT2D eigenvalue weighted by Gasteiger charge is -2.27. The zero-order chi connectivity index (χ0) is 41.0. The van der Waals surface area contributed by atoms with Crippen molar-refractivity contribution >= 4 is 33.8 Å². The van der Waals surface area contributed by atoms with E-state index in [0.29, 0.717) is 43.8 Å².